The highest BCUT2D eigenvalue weighted by atomic mass is 15.2. The van der Waals surface area contributed by atoms with Gasteiger partial charge in [-0.05, 0) is 50.0 Å². The first-order chi connectivity index (χ1) is 7.25. The molecule has 1 unspecified atom stereocenters. The van der Waals surface area contributed by atoms with E-state index in [4.69, 9.17) is 0 Å². The maximum Gasteiger partial charge on any atom is 0.00967 e. The van der Waals surface area contributed by atoms with Crippen LogP contribution in [0.4, 0.5) is 0 Å². The maximum absolute atomic E-state index is 3.52. The van der Waals surface area contributed by atoms with Gasteiger partial charge in [0.1, 0.15) is 0 Å². The average molecular weight is 208 g/mol. The second-order valence-corrected chi connectivity index (χ2v) is 6.34. The van der Waals surface area contributed by atoms with E-state index in [0.29, 0.717) is 5.41 Å². The molecule has 2 heteroatoms. The SMILES string of the molecule is CC1(CN(CC2CC2)C2CC2)CCNC1. The fraction of sp³-hybridized carbons (Fsp3) is 1.00. The van der Waals surface area contributed by atoms with E-state index in [9.17, 15) is 0 Å². The van der Waals surface area contributed by atoms with E-state index in [0.717, 1.165) is 12.0 Å². The number of hydrogen-bond acceptors (Lipinski definition) is 2. The standard InChI is InChI=1S/C13H24N2/c1-13(6-7-14-9-13)10-15(12-4-5-12)8-11-2-3-11/h11-12,14H,2-10H2,1H3. The number of nitrogens with one attached hydrogen (secondary N) is 1. The molecule has 2 nitrogen and oxygen atoms in total. The average Bonchev–Trinajstić information content (AvgIpc) is 3.07. The van der Waals surface area contributed by atoms with Gasteiger partial charge in [0.05, 0.1) is 0 Å². The van der Waals surface area contributed by atoms with Crippen LogP contribution in [0.2, 0.25) is 0 Å². The molecule has 0 bridgehead atoms. The van der Waals surface area contributed by atoms with Gasteiger partial charge in [-0.15, -0.1) is 0 Å². The van der Waals surface area contributed by atoms with Crippen LogP contribution in [0.25, 0.3) is 0 Å². The molecule has 0 amide bonds. The van der Waals surface area contributed by atoms with Crippen LogP contribution in [0.5, 0.6) is 0 Å². The summed E-state index contributed by atoms with van der Waals surface area (Å²) in [5.41, 5.74) is 0.567. The molecule has 0 aromatic heterocycles. The van der Waals surface area contributed by atoms with Crippen molar-refractivity contribution in [2.75, 3.05) is 26.2 Å². The molecule has 3 aliphatic rings. The van der Waals surface area contributed by atoms with E-state index in [1.165, 1.54) is 58.3 Å². The molecule has 0 spiro atoms. The molecule has 3 fully saturated rings. The van der Waals surface area contributed by atoms with Gasteiger partial charge in [0, 0.05) is 25.7 Å². The molecule has 3 rings (SSSR count). The van der Waals surface area contributed by atoms with Crippen molar-refractivity contribution in [3.63, 3.8) is 0 Å². The summed E-state index contributed by atoms with van der Waals surface area (Å²) in [6, 6.07) is 0.961. The van der Waals surface area contributed by atoms with Gasteiger partial charge < -0.3 is 5.32 Å². The maximum atomic E-state index is 3.52. The van der Waals surface area contributed by atoms with E-state index in [-0.39, 0.29) is 0 Å². The summed E-state index contributed by atoms with van der Waals surface area (Å²) in [7, 11) is 0. The van der Waals surface area contributed by atoms with E-state index >= 15 is 0 Å². The third-order valence-electron chi connectivity index (χ3n) is 4.29. The Balaban J connectivity index is 1.56. The first-order valence-electron chi connectivity index (χ1n) is 6.70. The van der Waals surface area contributed by atoms with Crippen LogP contribution in [0, 0.1) is 11.3 Å². The predicted molar refractivity (Wildman–Crippen MR) is 62.9 cm³/mol. The Morgan fingerprint density at radius 1 is 1.27 bits per heavy atom. The lowest BCUT2D eigenvalue weighted by molar-refractivity contribution is 0.163. The lowest BCUT2D eigenvalue weighted by atomic mass is 9.89. The Hall–Kier alpha value is -0.0800. The quantitative estimate of drug-likeness (QED) is 0.742. The van der Waals surface area contributed by atoms with Crippen LogP contribution in [-0.4, -0.2) is 37.1 Å². The first-order valence-corrected chi connectivity index (χ1v) is 6.70. The fourth-order valence-corrected chi connectivity index (χ4v) is 2.91. The van der Waals surface area contributed by atoms with E-state index in [1.807, 2.05) is 0 Å². The molecule has 1 saturated heterocycles. The van der Waals surface area contributed by atoms with E-state index in [2.05, 4.69) is 17.1 Å². The third kappa shape index (κ3) is 2.54. The molecule has 0 radical (unpaired) electrons. The molecule has 1 atom stereocenters. The molecule has 1 heterocycles. The first kappa shape index (κ1) is 10.1. The Morgan fingerprint density at radius 3 is 2.60 bits per heavy atom. The minimum absolute atomic E-state index is 0.567. The predicted octanol–water partition coefficient (Wildman–Crippen LogP) is 1.86. The Morgan fingerprint density at radius 2 is 2.07 bits per heavy atom. The second kappa shape index (κ2) is 3.74. The molecular formula is C13H24N2. The topological polar surface area (TPSA) is 15.3 Å². The molecule has 2 saturated carbocycles. The summed E-state index contributed by atoms with van der Waals surface area (Å²) in [5.74, 6) is 1.06. The van der Waals surface area contributed by atoms with Gasteiger partial charge in [0.15, 0.2) is 0 Å². The smallest absolute Gasteiger partial charge is 0.00967 e. The Bertz CT molecular complexity index is 225. The van der Waals surface area contributed by atoms with E-state index in [1.54, 1.807) is 0 Å². The van der Waals surface area contributed by atoms with Crippen LogP contribution < -0.4 is 5.32 Å². The normalized spacial score (nSPS) is 36.4. The summed E-state index contributed by atoms with van der Waals surface area (Å²) in [5, 5.41) is 3.52. The van der Waals surface area contributed by atoms with Crippen LogP contribution in [0.15, 0.2) is 0 Å². The van der Waals surface area contributed by atoms with Crippen molar-refractivity contribution in [3.05, 3.63) is 0 Å². The molecular weight excluding hydrogens is 184 g/mol. The van der Waals surface area contributed by atoms with Crippen LogP contribution in [0.1, 0.15) is 39.0 Å². The number of hydrogen-bond donors (Lipinski definition) is 1. The van der Waals surface area contributed by atoms with Gasteiger partial charge in [-0.3, -0.25) is 4.90 Å². The summed E-state index contributed by atoms with van der Waals surface area (Å²) < 4.78 is 0. The summed E-state index contributed by atoms with van der Waals surface area (Å²) in [6.45, 7) is 7.69. The van der Waals surface area contributed by atoms with Crippen LogP contribution in [-0.2, 0) is 0 Å². The van der Waals surface area contributed by atoms with Gasteiger partial charge in [-0.25, -0.2) is 0 Å². The van der Waals surface area contributed by atoms with Crippen molar-refractivity contribution in [2.45, 2.75) is 45.1 Å². The lowest BCUT2D eigenvalue weighted by Gasteiger charge is -2.32. The highest BCUT2D eigenvalue weighted by Gasteiger charge is 2.38. The fourth-order valence-electron chi connectivity index (χ4n) is 2.91. The number of rotatable bonds is 5. The Labute approximate surface area is 93.4 Å². The lowest BCUT2D eigenvalue weighted by Crippen LogP contribution is -2.39. The molecule has 2 aliphatic carbocycles. The zero-order valence-electron chi connectivity index (χ0n) is 9.97. The van der Waals surface area contributed by atoms with Gasteiger partial charge in [0.25, 0.3) is 0 Å². The molecule has 1 N–H and O–H groups in total. The highest BCUT2D eigenvalue weighted by Crippen LogP contribution is 2.37. The molecule has 0 aromatic carbocycles. The third-order valence-corrected chi connectivity index (χ3v) is 4.29. The second-order valence-electron chi connectivity index (χ2n) is 6.34. The van der Waals surface area contributed by atoms with Crippen molar-refractivity contribution in [1.82, 2.24) is 10.2 Å². The van der Waals surface area contributed by atoms with Gasteiger partial charge >= 0.3 is 0 Å². The van der Waals surface area contributed by atoms with Crippen molar-refractivity contribution >= 4 is 0 Å². The zero-order valence-corrected chi connectivity index (χ0v) is 9.97. The molecule has 86 valence electrons. The zero-order chi connectivity index (χ0) is 10.3. The number of nitrogens with zero attached hydrogens (tertiary/aromatic N) is 1. The monoisotopic (exact) mass is 208 g/mol. The van der Waals surface area contributed by atoms with Gasteiger partial charge in [-0.2, -0.15) is 0 Å². The minimum atomic E-state index is 0.567. The molecule has 1 aliphatic heterocycles. The van der Waals surface area contributed by atoms with Crippen LogP contribution >= 0.6 is 0 Å². The largest absolute Gasteiger partial charge is 0.316 e. The highest BCUT2D eigenvalue weighted by molar-refractivity contribution is 4.94. The summed E-state index contributed by atoms with van der Waals surface area (Å²) >= 11 is 0. The Kier molecular flexibility index (Phi) is 2.52. The molecule has 0 aromatic rings. The van der Waals surface area contributed by atoms with Crippen molar-refractivity contribution in [3.8, 4) is 0 Å². The van der Waals surface area contributed by atoms with Crippen molar-refractivity contribution in [1.29, 1.82) is 0 Å². The van der Waals surface area contributed by atoms with E-state index < -0.39 is 0 Å². The van der Waals surface area contributed by atoms with Crippen LogP contribution in [0.3, 0.4) is 0 Å². The minimum Gasteiger partial charge on any atom is -0.316 e. The summed E-state index contributed by atoms with van der Waals surface area (Å²) in [4.78, 5) is 2.81. The van der Waals surface area contributed by atoms with Gasteiger partial charge in [0.2, 0.25) is 0 Å². The van der Waals surface area contributed by atoms with Crippen molar-refractivity contribution in [2.24, 2.45) is 11.3 Å². The van der Waals surface area contributed by atoms with Crippen molar-refractivity contribution < 1.29 is 0 Å². The summed E-state index contributed by atoms with van der Waals surface area (Å²) in [6.07, 6.45) is 7.31. The van der Waals surface area contributed by atoms with Gasteiger partial charge in [-0.1, -0.05) is 6.92 Å². The molecule has 15 heavy (non-hydrogen) atoms.